The summed E-state index contributed by atoms with van der Waals surface area (Å²) in [6.45, 7) is 0.273. The van der Waals surface area contributed by atoms with Crippen LogP contribution in [0.15, 0.2) is 24.3 Å². The van der Waals surface area contributed by atoms with Crippen molar-refractivity contribution in [3.05, 3.63) is 35.6 Å². The van der Waals surface area contributed by atoms with Crippen LogP contribution in [-0.4, -0.2) is 36.8 Å². The monoisotopic (exact) mass is 325 g/mol. The van der Waals surface area contributed by atoms with Gasteiger partial charge in [0.05, 0.1) is 11.5 Å². The molecule has 1 unspecified atom stereocenters. The first-order valence-electron chi connectivity index (χ1n) is 7.68. The van der Waals surface area contributed by atoms with E-state index in [1.165, 1.54) is 6.07 Å². The predicted octanol–water partition coefficient (Wildman–Crippen LogP) is 2.14. The largest absolute Gasteiger partial charge is 0.335 e. The van der Waals surface area contributed by atoms with E-state index in [0.29, 0.717) is 12.0 Å². The van der Waals surface area contributed by atoms with Crippen molar-refractivity contribution in [3.8, 4) is 0 Å². The van der Waals surface area contributed by atoms with Crippen molar-refractivity contribution in [1.29, 1.82) is 0 Å². The molecule has 0 radical (unpaired) electrons. The summed E-state index contributed by atoms with van der Waals surface area (Å²) < 4.78 is 36.8. The third-order valence-electron chi connectivity index (χ3n) is 4.40. The number of benzene rings is 1. The average Bonchev–Trinajstić information content (AvgIpc) is 3.23. The van der Waals surface area contributed by atoms with Crippen LogP contribution in [0.1, 0.15) is 31.2 Å². The van der Waals surface area contributed by atoms with Gasteiger partial charge < -0.3 is 4.90 Å². The van der Waals surface area contributed by atoms with Gasteiger partial charge in [0, 0.05) is 24.6 Å². The van der Waals surface area contributed by atoms with Gasteiger partial charge in [0.2, 0.25) is 5.91 Å². The maximum Gasteiger partial charge on any atom is 0.223 e. The number of nitrogens with zero attached hydrogens (tertiary/aromatic N) is 1. The lowest BCUT2D eigenvalue weighted by atomic mass is 10.0. The Balaban J connectivity index is 1.66. The Morgan fingerprint density at radius 1 is 1.23 bits per heavy atom. The minimum Gasteiger partial charge on any atom is -0.335 e. The maximum atomic E-state index is 13.8. The summed E-state index contributed by atoms with van der Waals surface area (Å²) in [5, 5.41) is 0. The molecule has 1 aromatic rings. The van der Waals surface area contributed by atoms with Crippen LogP contribution < -0.4 is 0 Å². The Morgan fingerprint density at radius 2 is 1.95 bits per heavy atom. The molecule has 0 bridgehead atoms. The van der Waals surface area contributed by atoms with Crippen LogP contribution in [0.5, 0.6) is 0 Å². The Morgan fingerprint density at radius 3 is 2.55 bits per heavy atom. The van der Waals surface area contributed by atoms with Crippen molar-refractivity contribution >= 4 is 15.7 Å². The van der Waals surface area contributed by atoms with E-state index in [0.717, 1.165) is 12.8 Å². The second kappa shape index (κ2) is 5.99. The van der Waals surface area contributed by atoms with Crippen molar-refractivity contribution in [1.82, 2.24) is 4.90 Å². The van der Waals surface area contributed by atoms with Crippen LogP contribution in [0.4, 0.5) is 4.39 Å². The zero-order valence-corrected chi connectivity index (χ0v) is 13.2. The van der Waals surface area contributed by atoms with Gasteiger partial charge in [0.15, 0.2) is 9.84 Å². The zero-order chi connectivity index (χ0) is 15.7. The van der Waals surface area contributed by atoms with Gasteiger partial charge in [0.25, 0.3) is 0 Å². The number of carbonyl (C=O) groups excluding carboxylic acids is 1. The van der Waals surface area contributed by atoms with E-state index in [2.05, 4.69) is 0 Å². The molecule has 3 rings (SSSR count). The van der Waals surface area contributed by atoms with Crippen LogP contribution in [-0.2, 0) is 21.2 Å². The number of hydrogen-bond donors (Lipinski definition) is 0. The van der Waals surface area contributed by atoms with Crippen molar-refractivity contribution in [2.24, 2.45) is 5.92 Å². The third-order valence-corrected chi connectivity index (χ3v) is 6.23. The normalized spacial score (nSPS) is 23.4. The Bertz CT molecular complexity index is 670. The molecular weight excluding hydrogens is 305 g/mol. The molecule has 22 heavy (non-hydrogen) atoms. The van der Waals surface area contributed by atoms with E-state index >= 15 is 0 Å². The molecule has 1 saturated carbocycles. The first kappa shape index (κ1) is 15.5. The molecule has 1 amide bonds. The standard InChI is InChI=1S/C16H20FNO3S/c17-15-4-2-1-3-13(15)10-18(14-5-6-14)16(19)9-12-7-8-22(20,21)11-12/h1-4,12,14H,5-11H2. The molecule has 1 aliphatic carbocycles. The fourth-order valence-corrected chi connectivity index (χ4v) is 4.88. The molecule has 2 aliphatic rings. The highest BCUT2D eigenvalue weighted by Gasteiger charge is 2.36. The van der Waals surface area contributed by atoms with E-state index in [9.17, 15) is 17.6 Å². The van der Waals surface area contributed by atoms with Crippen LogP contribution >= 0.6 is 0 Å². The molecule has 1 atom stereocenters. The highest BCUT2D eigenvalue weighted by Crippen LogP contribution is 2.31. The van der Waals surface area contributed by atoms with E-state index in [-0.39, 0.29) is 48.2 Å². The molecule has 6 heteroatoms. The van der Waals surface area contributed by atoms with Crippen molar-refractivity contribution in [2.75, 3.05) is 11.5 Å². The molecule has 1 saturated heterocycles. The van der Waals surface area contributed by atoms with Gasteiger partial charge in [-0.25, -0.2) is 12.8 Å². The molecule has 1 aromatic carbocycles. The van der Waals surface area contributed by atoms with Crippen molar-refractivity contribution in [3.63, 3.8) is 0 Å². The van der Waals surface area contributed by atoms with Gasteiger partial charge in [-0.1, -0.05) is 18.2 Å². The van der Waals surface area contributed by atoms with E-state index < -0.39 is 9.84 Å². The lowest BCUT2D eigenvalue weighted by Gasteiger charge is -2.24. The lowest BCUT2D eigenvalue weighted by Crippen LogP contribution is -2.34. The van der Waals surface area contributed by atoms with Crippen molar-refractivity contribution < 1.29 is 17.6 Å². The second-order valence-corrected chi connectivity index (χ2v) is 8.55. The Kier molecular flexibility index (Phi) is 4.21. The molecule has 2 fully saturated rings. The number of carbonyl (C=O) groups is 1. The number of hydrogen-bond acceptors (Lipinski definition) is 3. The topological polar surface area (TPSA) is 54.5 Å². The maximum absolute atomic E-state index is 13.8. The van der Waals surface area contributed by atoms with Gasteiger partial charge >= 0.3 is 0 Å². The molecule has 0 N–H and O–H groups in total. The summed E-state index contributed by atoms with van der Waals surface area (Å²) in [5.41, 5.74) is 0.516. The number of rotatable bonds is 5. The molecule has 1 heterocycles. The molecule has 0 spiro atoms. The zero-order valence-electron chi connectivity index (χ0n) is 12.4. The second-order valence-electron chi connectivity index (χ2n) is 6.32. The molecule has 1 aliphatic heterocycles. The first-order valence-corrected chi connectivity index (χ1v) is 9.50. The van der Waals surface area contributed by atoms with Gasteiger partial charge in [-0.3, -0.25) is 4.79 Å². The Hall–Kier alpha value is -1.43. The summed E-state index contributed by atoms with van der Waals surface area (Å²) >= 11 is 0. The summed E-state index contributed by atoms with van der Waals surface area (Å²) in [5.74, 6) is -0.143. The molecule has 0 aromatic heterocycles. The van der Waals surface area contributed by atoms with Crippen LogP contribution in [0.2, 0.25) is 0 Å². The highest BCUT2D eigenvalue weighted by molar-refractivity contribution is 7.91. The average molecular weight is 325 g/mol. The Labute approximate surface area is 130 Å². The first-order chi connectivity index (χ1) is 10.4. The van der Waals surface area contributed by atoms with Crippen LogP contribution in [0.25, 0.3) is 0 Å². The van der Waals surface area contributed by atoms with Crippen LogP contribution in [0, 0.1) is 11.7 Å². The smallest absolute Gasteiger partial charge is 0.223 e. The van der Waals surface area contributed by atoms with Gasteiger partial charge in [0.1, 0.15) is 5.82 Å². The molecular formula is C16H20FNO3S. The summed E-state index contributed by atoms with van der Waals surface area (Å²) in [7, 11) is -2.97. The van der Waals surface area contributed by atoms with Gasteiger partial charge in [-0.05, 0) is 31.2 Å². The number of amides is 1. The number of sulfone groups is 1. The fraction of sp³-hybridized carbons (Fsp3) is 0.562. The predicted molar refractivity (Wildman–Crippen MR) is 81.3 cm³/mol. The summed E-state index contributed by atoms with van der Waals surface area (Å²) in [6, 6.07) is 6.67. The minimum atomic E-state index is -2.97. The molecule has 120 valence electrons. The summed E-state index contributed by atoms with van der Waals surface area (Å²) in [6.07, 6.45) is 2.71. The third kappa shape index (κ3) is 3.66. The lowest BCUT2D eigenvalue weighted by molar-refractivity contribution is -0.133. The van der Waals surface area contributed by atoms with Gasteiger partial charge in [-0.15, -0.1) is 0 Å². The van der Waals surface area contributed by atoms with E-state index in [1.807, 2.05) is 0 Å². The quantitative estimate of drug-likeness (QED) is 0.833. The van der Waals surface area contributed by atoms with Gasteiger partial charge in [-0.2, -0.15) is 0 Å². The van der Waals surface area contributed by atoms with Crippen molar-refractivity contribution in [2.45, 2.75) is 38.3 Å². The highest BCUT2D eigenvalue weighted by atomic mass is 32.2. The molecule has 4 nitrogen and oxygen atoms in total. The SMILES string of the molecule is O=C(CC1CCS(=O)(=O)C1)N(Cc1ccccc1F)C1CC1. The van der Waals surface area contributed by atoms with E-state index in [4.69, 9.17) is 0 Å². The van der Waals surface area contributed by atoms with E-state index in [1.54, 1.807) is 23.1 Å². The number of halogens is 1. The fourth-order valence-electron chi connectivity index (χ4n) is 3.01. The van der Waals surface area contributed by atoms with Crippen LogP contribution in [0.3, 0.4) is 0 Å². The minimum absolute atomic E-state index is 0.0483. The summed E-state index contributed by atoms with van der Waals surface area (Å²) in [4.78, 5) is 14.2.